The van der Waals surface area contributed by atoms with Crippen LogP contribution in [0.25, 0.3) is 0 Å². The normalized spacial score (nSPS) is 11.4. The van der Waals surface area contributed by atoms with E-state index in [-0.39, 0.29) is 16.8 Å². The molecule has 0 aliphatic carbocycles. The fraction of sp³-hybridized carbons (Fsp3) is 0.795. The first-order valence-corrected chi connectivity index (χ1v) is 22.8. The van der Waals surface area contributed by atoms with E-state index in [1.807, 2.05) is 0 Å². The molecule has 1 aromatic carbocycles. The highest BCUT2D eigenvalue weighted by Crippen LogP contribution is 2.53. The van der Waals surface area contributed by atoms with Crippen LogP contribution >= 0.6 is 7.80 Å². The van der Waals surface area contributed by atoms with E-state index in [9.17, 15) is 9.36 Å². The first-order chi connectivity index (χ1) is 25.5. The average molecular weight is 750 g/mol. The Bertz CT molecular complexity index is 1020. The third-order valence-electron chi connectivity index (χ3n) is 9.30. The minimum atomic E-state index is -2.63. The van der Waals surface area contributed by atoms with Crippen molar-refractivity contribution in [3.63, 3.8) is 0 Å². The molecular formula is C44H78O7P+. The average Bonchev–Trinajstić information content (AvgIpc) is 3.15. The lowest BCUT2D eigenvalue weighted by Gasteiger charge is -2.23. The summed E-state index contributed by atoms with van der Waals surface area (Å²) in [5, 5.41) is 0.208. The van der Waals surface area contributed by atoms with Crippen molar-refractivity contribution in [2.45, 2.75) is 195 Å². The summed E-state index contributed by atoms with van der Waals surface area (Å²) in [5.74, 6) is 1.78. The van der Waals surface area contributed by atoms with Gasteiger partial charge in [0.15, 0.2) is 0 Å². The SMILES string of the molecule is C=CC(=O)[P+](=O)c1c(OCCCCCCC)c(OCCCCCCC)c(OCCCCCCC)c(OCCCCCCC)c1OCCCCCCC. The third-order valence-corrected chi connectivity index (χ3v) is 10.7. The van der Waals surface area contributed by atoms with Crippen LogP contribution in [-0.4, -0.2) is 38.6 Å². The van der Waals surface area contributed by atoms with Crippen molar-refractivity contribution in [1.82, 2.24) is 0 Å². The Balaban J connectivity index is 3.84. The molecule has 0 N–H and O–H groups in total. The molecular weight excluding hydrogens is 671 g/mol. The molecule has 0 aliphatic heterocycles. The molecule has 0 bridgehead atoms. The fourth-order valence-electron chi connectivity index (χ4n) is 6.07. The zero-order valence-electron chi connectivity index (χ0n) is 34.3. The molecule has 7 nitrogen and oxygen atoms in total. The minimum absolute atomic E-state index is 0.208. The zero-order valence-corrected chi connectivity index (χ0v) is 35.2. The van der Waals surface area contributed by atoms with Gasteiger partial charge in [0.05, 0.1) is 33.0 Å². The number of ether oxygens (including phenoxy) is 5. The van der Waals surface area contributed by atoms with Crippen LogP contribution in [0.2, 0.25) is 0 Å². The van der Waals surface area contributed by atoms with E-state index in [1.165, 1.54) is 51.4 Å². The Kier molecular flexibility index (Phi) is 30.6. The van der Waals surface area contributed by atoms with Crippen molar-refractivity contribution >= 4 is 18.6 Å². The number of hydrogen-bond acceptors (Lipinski definition) is 7. The van der Waals surface area contributed by atoms with Crippen molar-refractivity contribution in [3.8, 4) is 28.7 Å². The lowest BCUT2D eigenvalue weighted by molar-refractivity contribution is -0.107. The predicted octanol–water partition coefficient (Wildman–Crippen LogP) is 13.6. The molecule has 8 heteroatoms. The van der Waals surface area contributed by atoms with Gasteiger partial charge in [0, 0.05) is 6.08 Å². The molecule has 0 saturated carbocycles. The summed E-state index contributed by atoms with van der Waals surface area (Å²) in [6.07, 6.45) is 28.1. The second-order valence-electron chi connectivity index (χ2n) is 14.1. The number of carbonyl (C=O) groups is 1. The first kappa shape index (κ1) is 47.8. The van der Waals surface area contributed by atoms with Crippen molar-refractivity contribution in [1.29, 1.82) is 0 Å². The van der Waals surface area contributed by atoms with Crippen LogP contribution in [0.1, 0.15) is 195 Å². The maximum Gasteiger partial charge on any atom is 0.466 e. The van der Waals surface area contributed by atoms with Crippen LogP contribution in [0.3, 0.4) is 0 Å². The van der Waals surface area contributed by atoms with Crippen molar-refractivity contribution in [2.24, 2.45) is 0 Å². The Hall–Kier alpha value is -2.27. The smallest absolute Gasteiger partial charge is 0.466 e. The zero-order chi connectivity index (χ0) is 38.1. The summed E-state index contributed by atoms with van der Waals surface area (Å²) in [6.45, 7) is 16.9. The van der Waals surface area contributed by atoms with Crippen LogP contribution in [0.5, 0.6) is 28.7 Å². The van der Waals surface area contributed by atoms with Gasteiger partial charge in [-0.2, -0.15) is 0 Å². The van der Waals surface area contributed by atoms with Crippen molar-refractivity contribution in [3.05, 3.63) is 12.7 Å². The molecule has 1 atom stereocenters. The molecule has 1 rings (SSSR count). The van der Waals surface area contributed by atoms with Gasteiger partial charge in [0.2, 0.25) is 28.7 Å². The molecule has 0 radical (unpaired) electrons. The highest BCUT2D eigenvalue weighted by Gasteiger charge is 2.44. The maximum absolute atomic E-state index is 14.3. The van der Waals surface area contributed by atoms with Gasteiger partial charge in [-0.3, -0.25) is 0 Å². The van der Waals surface area contributed by atoms with Crippen LogP contribution < -0.4 is 29.0 Å². The number of allylic oxidation sites excluding steroid dienone is 1. The Morgan fingerprint density at radius 3 is 0.904 bits per heavy atom. The molecule has 0 saturated heterocycles. The van der Waals surface area contributed by atoms with Crippen LogP contribution in [0.4, 0.5) is 0 Å². The predicted molar refractivity (Wildman–Crippen MR) is 220 cm³/mol. The summed E-state index contributed by atoms with van der Waals surface area (Å²) >= 11 is 0. The maximum atomic E-state index is 14.3. The molecule has 0 spiro atoms. The van der Waals surface area contributed by atoms with E-state index < -0.39 is 13.3 Å². The van der Waals surface area contributed by atoms with Gasteiger partial charge in [-0.25, -0.2) is 4.79 Å². The minimum Gasteiger partial charge on any atom is -0.486 e. The Morgan fingerprint density at radius 1 is 0.423 bits per heavy atom. The van der Waals surface area contributed by atoms with E-state index in [4.69, 9.17) is 23.7 Å². The summed E-state index contributed by atoms with van der Waals surface area (Å²) in [5.41, 5.74) is -0.573. The van der Waals surface area contributed by atoms with E-state index in [1.54, 1.807) is 0 Å². The number of rotatable bonds is 38. The number of carbonyl (C=O) groups excluding carboxylic acids is 1. The molecule has 0 fully saturated rings. The van der Waals surface area contributed by atoms with E-state index in [0.29, 0.717) is 50.3 Å². The number of hydrogen-bond donors (Lipinski definition) is 0. The van der Waals surface area contributed by atoms with Crippen LogP contribution in [0.15, 0.2) is 12.7 Å². The molecule has 52 heavy (non-hydrogen) atoms. The highest BCUT2D eigenvalue weighted by molar-refractivity contribution is 7.71. The van der Waals surface area contributed by atoms with Gasteiger partial charge in [0.1, 0.15) is 0 Å². The van der Waals surface area contributed by atoms with E-state index >= 15 is 0 Å². The Labute approximate surface area is 320 Å². The van der Waals surface area contributed by atoms with Crippen molar-refractivity contribution in [2.75, 3.05) is 33.0 Å². The van der Waals surface area contributed by atoms with Crippen LogP contribution in [0, 0.1) is 0 Å². The molecule has 0 aliphatic rings. The third kappa shape index (κ3) is 20.3. The number of unbranched alkanes of at least 4 members (excludes halogenated alkanes) is 20. The monoisotopic (exact) mass is 750 g/mol. The van der Waals surface area contributed by atoms with Gasteiger partial charge in [-0.15, -0.1) is 0 Å². The topological polar surface area (TPSA) is 80.3 Å². The molecule has 1 aromatic rings. The Morgan fingerprint density at radius 2 is 0.654 bits per heavy atom. The lowest BCUT2D eigenvalue weighted by atomic mass is 10.1. The molecule has 0 aromatic heterocycles. The van der Waals surface area contributed by atoms with Gasteiger partial charge < -0.3 is 23.7 Å². The highest BCUT2D eigenvalue weighted by atomic mass is 31.1. The summed E-state index contributed by atoms with van der Waals surface area (Å²) in [6, 6.07) is 0. The molecule has 1 unspecified atom stereocenters. The van der Waals surface area contributed by atoms with Crippen molar-refractivity contribution < 1.29 is 33.0 Å². The van der Waals surface area contributed by atoms with Gasteiger partial charge in [-0.05, 0) is 32.1 Å². The fourth-order valence-corrected chi connectivity index (χ4v) is 7.15. The van der Waals surface area contributed by atoms with E-state index in [0.717, 1.165) is 115 Å². The largest absolute Gasteiger partial charge is 0.486 e. The second kappa shape index (κ2) is 33.3. The summed E-state index contributed by atoms with van der Waals surface area (Å²) in [7, 11) is -2.63. The quantitative estimate of drug-likeness (QED) is 0.0378. The lowest BCUT2D eigenvalue weighted by Crippen LogP contribution is -2.19. The van der Waals surface area contributed by atoms with Gasteiger partial charge in [0.25, 0.3) is 5.30 Å². The molecule has 0 heterocycles. The van der Waals surface area contributed by atoms with Crippen LogP contribution in [-0.2, 0) is 9.36 Å². The van der Waals surface area contributed by atoms with E-state index in [2.05, 4.69) is 41.2 Å². The summed E-state index contributed by atoms with van der Waals surface area (Å²) < 4.78 is 47.3. The number of benzene rings is 1. The standard InChI is InChI=1S/C44H78O7P/c1-7-13-18-23-28-33-47-39-40(48-34-29-24-19-14-8-2)42(50-36-31-26-21-16-10-4)44(52(46)38(45)12-6)43(51-37-32-27-22-17-11-5)41(39)49-35-30-25-20-15-9-3/h12H,6-11,13-37H2,1-5H3/q+1. The molecule has 0 amide bonds. The second-order valence-corrected chi connectivity index (χ2v) is 15.6. The van der Waals surface area contributed by atoms with Gasteiger partial charge >= 0.3 is 13.3 Å². The first-order valence-electron chi connectivity index (χ1n) is 21.5. The van der Waals surface area contributed by atoms with Gasteiger partial charge in [-0.1, -0.05) is 174 Å². The summed E-state index contributed by atoms with van der Waals surface area (Å²) in [4.78, 5) is 13.2. The molecule has 300 valence electrons.